The zero-order valence-corrected chi connectivity index (χ0v) is 20.2. The minimum atomic E-state index is -3.77. The molecule has 0 radical (unpaired) electrons. The maximum absolute atomic E-state index is 12.7. The van der Waals surface area contributed by atoms with Crippen LogP contribution >= 0.6 is 11.8 Å². The molecule has 33 heavy (non-hydrogen) atoms. The summed E-state index contributed by atoms with van der Waals surface area (Å²) in [6.45, 7) is 3.35. The molecule has 0 spiro atoms. The minimum absolute atomic E-state index is 0.108. The van der Waals surface area contributed by atoms with Gasteiger partial charge in [-0.1, -0.05) is 18.7 Å². The summed E-state index contributed by atoms with van der Waals surface area (Å²) < 4.78 is 32.9. The predicted molar refractivity (Wildman–Crippen MR) is 132 cm³/mol. The number of amides is 1. The highest BCUT2D eigenvalue weighted by molar-refractivity contribution is 7.99. The summed E-state index contributed by atoms with van der Waals surface area (Å²) in [6.07, 6.45) is 0. The molecular formula is C24H27N3O4S2. The number of nitrogens with two attached hydrogens (primary N) is 1. The Bertz CT molecular complexity index is 1180. The van der Waals surface area contributed by atoms with Crippen LogP contribution in [0.2, 0.25) is 0 Å². The maximum atomic E-state index is 12.7. The fourth-order valence-corrected chi connectivity index (χ4v) is 5.07. The van der Waals surface area contributed by atoms with Crippen molar-refractivity contribution in [2.45, 2.75) is 34.6 Å². The lowest BCUT2D eigenvalue weighted by molar-refractivity contribution is -0.119. The molecule has 0 heterocycles. The molecule has 3 aromatic rings. The first-order valence-corrected chi connectivity index (χ1v) is 12.6. The second-order valence-corrected chi connectivity index (χ2v) is 10.4. The van der Waals surface area contributed by atoms with E-state index >= 15 is 0 Å². The molecule has 3 rings (SSSR count). The summed E-state index contributed by atoms with van der Waals surface area (Å²) in [5.41, 5.74) is 7.07. The number of nitrogen functional groups attached to an aromatic ring is 1. The normalized spacial score (nSPS) is 13.2. The Morgan fingerprint density at radius 2 is 1.45 bits per heavy atom. The first kappa shape index (κ1) is 24.6. The van der Waals surface area contributed by atoms with E-state index in [-0.39, 0.29) is 10.8 Å². The van der Waals surface area contributed by atoms with Gasteiger partial charge < -0.3 is 15.8 Å². The van der Waals surface area contributed by atoms with E-state index in [4.69, 9.17) is 10.5 Å². The Labute approximate surface area is 198 Å². The third kappa shape index (κ3) is 6.74. The highest BCUT2D eigenvalue weighted by Gasteiger charge is 2.25. The van der Waals surface area contributed by atoms with Gasteiger partial charge in [-0.25, -0.2) is 13.1 Å². The smallest absolute Gasteiger partial charge is 0.240 e. The van der Waals surface area contributed by atoms with E-state index in [9.17, 15) is 13.2 Å². The quantitative estimate of drug-likeness (QED) is 0.388. The molecule has 0 aliphatic rings. The fraction of sp³-hybridized carbons (Fsp3) is 0.208. The van der Waals surface area contributed by atoms with Gasteiger partial charge in [-0.15, -0.1) is 0 Å². The number of methoxy groups -OCH3 is 1. The third-order valence-electron chi connectivity index (χ3n) is 5.11. The molecule has 0 saturated carbocycles. The van der Waals surface area contributed by atoms with Gasteiger partial charge in [0.1, 0.15) is 5.75 Å². The largest absolute Gasteiger partial charge is 0.497 e. The standard InChI is InChI=1S/C24H27N3O4S2/c1-16(17(2)27-33(29,30)23-14-8-20(31-3)9-15-23)24(28)26-19-6-12-22(13-7-19)32-21-10-4-18(25)5-11-21/h4-17,27H,25H2,1-3H3,(H,26,28). The van der Waals surface area contributed by atoms with Crippen molar-refractivity contribution in [3.05, 3.63) is 72.8 Å². The molecule has 2 atom stereocenters. The van der Waals surface area contributed by atoms with Gasteiger partial charge in [0, 0.05) is 27.2 Å². The second kappa shape index (κ2) is 10.7. The molecule has 0 aromatic heterocycles. The van der Waals surface area contributed by atoms with Crippen molar-refractivity contribution in [1.29, 1.82) is 0 Å². The van der Waals surface area contributed by atoms with Crippen molar-refractivity contribution in [1.82, 2.24) is 4.72 Å². The number of carbonyl (C=O) groups is 1. The molecule has 7 nitrogen and oxygen atoms in total. The Balaban J connectivity index is 1.58. The third-order valence-corrected chi connectivity index (χ3v) is 7.70. The average Bonchev–Trinajstić information content (AvgIpc) is 2.81. The first-order chi connectivity index (χ1) is 15.7. The van der Waals surface area contributed by atoms with Gasteiger partial charge >= 0.3 is 0 Å². The summed E-state index contributed by atoms with van der Waals surface area (Å²) in [6, 6.07) is 20.5. The van der Waals surface area contributed by atoms with E-state index in [0.29, 0.717) is 17.1 Å². The van der Waals surface area contributed by atoms with Gasteiger partial charge in [-0.2, -0.15) is 0 Å². The Kier molecular flexibility index (Phi) is 8.01. The number of sulfonamides is 1. The van der Waals surface area contributed by atoms with Crippen LogP contribution in [0.3, 0.4) is 0 Å². The molecule has 0 aliphatic carbocycles. The van der Waals surface area contributed by atoms with Gasteiger partial charge in [-0.3, -0.25) is 4.79 Å². The van der Waals surface area contributed by atoms with E-state index in [2.05, 4.69) is 10.0 Å². The number of nitrogens with one attached hydrogen (secondary N) is 2. The van der Waals surface area contributed by atoms with Gasteiger partial charge in [0.05, 0.1) is 17.9 Å². The summed E-state index contributed by atoms with van der Waals surface area (Å²) in [5.74, 6) is -0.312. The Hall–Kier alpha value is -3.01. The van der Waals surface area contributed by atoms with E-state index in [1.807, 2.05) is 48.5 Å². The second-order valence-electron chi connectivity index (χ2n) is 7.56. The van der Waals surface area contributed by atoms with Crippen molar-refractivity contribution in [3.63, 3.8) is 0 Å². The van der Waals surface area contributed by atoms with E-state index in [0.717, 1.165) is 9.79 Å². The van der Waals surface area contributed by atoms with Crippen LogP contribution in [0.1, 0.15) is 13.8 Å². The molecule has 0 bridgehead atoms. The van der Waals surface area contributed by atoms with Gasteiger partial charge in [0.2, 0.25) is 15.9 Å². The SMILES string of the molecule is COc1ccc(S(=O)(=O)NC(C)C(C)C(=O)Nc2ccc(Sc3ccc(N)cc3)cc2)cc1. The predicted octanol–water partition coefficient (Wildman–Crippen LogP) is 4.37. The first-order valence-electron chi connectivity index (χ1n) is 10.3. The summed E-state index contributed by atoms with van der Waals surface area (Å²) in [4.78, 5) is 14.9. The molecule has 0 aliphatic heterocycles. The molecule has 4 N–H and O–H groups in total. The number of benzene rings is 3. The van der Waals surface area contributed by atoms with Crippen LogP contribution in [-0.2, 0) is 14.8 Å². The molecular weight excluding hydrogens is 458 g/mol. The maximum Gasteiger partial charge on any atom is 0.240 e. The van der Waals surface area contributed by atoms with Crippen LogP contribution in [0.5, 0.6) is 5.75 Å². The molecule has 3 aromatic carbocycles. The lowest BCUT2D eigenvalue weighted by Gasteiger charge is -2.21. The molecule has 1 amide bonds. The molecule has 9 heteroatoms. The van der Waals surface area contributed by atoms with Crippen LogP contribution < -0.4 is 20.5 Å². The average molecular weight is 486 g/mol. The van der Waals surface area contributed by atoms with Crippen LogP contribution in [-0.4, -0.2) is 27.5 Å². The number of carbonyl (C=O) groups excluding carboxylic acids is 1. The van der Waals surface area contributed by atoms with Crippen molar-refractivity contribution in [2.75, 3.05) is 18.2 Å². The van der Waals surface area contributed by atoms with E-state index < -0.39 is 22.0 Å². The van der Waals surface area contributed by atoms with Gasteiger partial charge in [0.25, 0.3) is 0 Å². The zero-order chi connectivity index (χ0) is 24.0. The monoisotopic (exact) mass is 485 g/mol. The van der Waals surface area contributed by atoms with Crippen LogP contribution in [0.25, 0.3) is 0 Å². The molecule has 0 fully saturated rings. The highest BCUT2D eigenvalue weighted by atomic mass is 32.2. The lowest BCUT2D eigenvalue weighted by Crippen LogP contribution is -2.41. The number of hydrogen-bond acceptors (Lipinski definition) is 6. The highest BCUT2D eigenvalue weighted by Crippen LogP contribution is 2.29. The van der Waals surface area contributed by atoms with Crippen molar-refractivity contribution < 1.29 is 17.9 Å². The lowest BCUT2D eigenvalue weighted by atomic mass is 10.0. The summed E-state index contributed by atoms with van der Waals surface area (Å²) in [5, 5.41) is 2.85. The molecule has 174 valence electrons. The van der Waals surface area contributed by atoms with Crippen molar-refractivity contribution in [3.8, 4) is 5.75 Å². The minimum Gasteiger partial charge on any atom is -0.497 e. The zero-order valence-electron chi connectivity index (χ0n) is 18.6. The van der Waals surface area contributed by atoms with Crippen LogP contribution in [0.4, 0.5) is 11.4 Å². The fourth-order valence-electron chi connectivity index (χ4n) is 2.93. The van der Waals surface area contributed by atoms with Gasteiger partial charge in [-0.05, 0) is 79.7 Å². The van der Waals surface area contributed by atoms with E-state index in [1.54, 1.807) is 37.7 Å². The number of ether oxygens (including phenoxy) is 1. The molecule has 0 saturated heterocycles. The van der Waals surface area contributed by atoms with Crippen LogP contribution in [0.15, 0.2) is 87.5 Å². The van der Waals surface area contributed by atoms with Crippen molar-refractivity contribution in [2.24, 2.45) is 5.92 Å². The van der Waals surface area contributed by atoms with E-state index in [1.165, 1.54) is 19.2 Å². The number of rotatable bonds is 9. The Morgan fingerprint density at radius 3 is 2.00 bits per heavy atom. The van der Waals surface area contributed by atoms with Gasteiger partial charge in [0.15, 0.2) is 0 Å². The number of hydrogen-bond donors (Lipinski definition) is 3. The van der Waals surface area contributed by atoms with Crippen molar-refractivity contribution >= 4 is 39.1 Å². The topological polar surface area (TPSA) is 111 Å². The number of anilines is 2. The summed E-state index contributed by atoms with van der Waals surface area (Å²) >= 11 is 1.59. The van der Waals surface area contributed by atoms with Crippen LogP contribution in [0, 0.1) is 5.92 Å². The Morgan fingerprint density at radius 1 is 0.909 bits per heavy atom. The molecule has 2 unspecified atom stereocenters. The summed E-state index contributed by atoms with van der Waals surface area (Å²) in [7, 11) is -2.26.